The van der Waals surface area contributed by atoms with Gasteiger partial charge in [-0.3, -0.25) is 20.4 Å². The van der Waals surface area contributed by atoms with Crippen molar-refractivity contribution in [1.29, 1.82) is 0 Å². The first kappa shape index (κ1) is 20.9. The van der Waals surface area contributed by atoms with Crippen LogP contribution >= 0.6 is 11.8 Å². The molecule has 144 valence electrons. The van der Waals surface area contributed by atoms with Gasteiger partial charge >= 0.3 is 0 Å². The lowest BCUT2D eigenvalue weighted by atomic mass is 10.1. The zero-order valence-corrected chi connectivity index (χ0v) is 17.1. The van der Waals surface area contributed by atoms with Crippen LogP contribution in [0.3, 0.4) is 0 Å². The summed E-state index contributed by atoms with van der Waals surface area (Å²) in [6.07, 6.45) is 1.91. The van der Waals surface area contributed by atoms with Crippen LogP contribution in [0.15, 0.2) is 52.3 Å². The van der Waals surface area contributed by atoms with Crippen LogP contribution in [-0.2, 0) is 10.0 Å². The Kier molecular flexibility index (Phi) is 6.63. The molecule has 0 aliphatic rings. The highest BCUT2D eigenvalue weighted by Gasteiger charge is 2.19. The molecule has 0 fully saturated rings. The average Bonchev–Trinajstić information content (AvgIpc) is 2.66. The van der Waals surface area contributed by atoms with Crippen LogP contribution in [-0.4, -0.2) is 44.9 Å². The summed E-state index contributed by atoms with van der Waals surface area (Å²) in [7, 11) is -0.837. The first-order chi connectivity index (χ1) is 12.7. The molecule has 7 nitrogen and oxygen atoms in total. The van der Waals surface area contributed by atoms with E-state index in [4.69, 9.17) is 0 Å². The molecule has 0 aliphatic carbocycles. The smallest absolute Gasteiger partial charge is 0.267 e. The van der Waals surface area contributed by atoms with Crippen LogP contribution in [0.2, 0.25) is 0 Å². The molecular formula is C18H21N3O4S2. The van der Waals surface area contributed by atoms with Crippen molar-refractivity contribution in [2.45, 2.75) is 16.7 Å². The van der Waals surface area contributed by atoms with Crippen molar-refractivity contribution in [2.24, 2.45) is 0 Å². The van der Waals surface area contributed by atoms with Gasteiger partial charge < -0.3 is 0 Å². The number of benzene rings is 2. The van der Waals surface area contributed by atoms with E-state index in [0.717, 1.165) is 14.8 Å². The van der Waals surface area contributed by atoms with Crippen LogP contribution in [0.25, 0.3) is 0 Å². The van der Waals surface area contributed by atoms with Gasteiger partial charge in [0.2, 0.25) is 10.0 Å². The summed E-state index contributed by atoms with van der Waals surface area (Å²) in [5.74, 6) is -1.06. The van der Waals surface area contributed by atoms with Gasteiger partial charge in [0.1, 0.15) is 0 Å². The van der Waals surface area contributed by atoms with Gasteiger partial charge in [-0.25, -0.2) is 12.7 Å². The molecule has 0 aromatic heterocycles. The highest BCUT2D eigenvalue weighted by molar-refractivity contribution is 7.98. The fourth-order valence-corrected chi connectivity index (χ4v) is 3.62. The number of hydrogen-bond donors (Lipinski definition) is 2. The van der Waals surface area contributed by atoms with E-state index in [9.17, 15) is 18.0 Å². The molecule has 0 bridgehead atoms. The number of sulfonamides is 1. The minimum atomic E-state index is -3.66. The maximum absolute atomic E-state index is 12.3. The molecule has 0 saturated heterocycles. The van der Waals surface area contributed by atoms with Gasteiger partial charge in [-0.2, -0.15) is 0 Å². The Morgan fingerprint density at radius 3 is 2.30 bits per heavy atom. The molecule has 0 heterocycles. The third-order valence-electron chi connectivity index (χ3n) is 3.85. The van der Waals surface area contributed by atoms with Gasteiger partial charge in [0.15, 0.2) is 0 Å². The average molecular weight is 408 g/mol. The van der Waals surface area contributed by atoms with Crippen molar-refractivity contribution in [1.82, 2.24) is 15.2 Å². The number of aryl methyl sites for hydroxylation is 1. The Morgan fingerprint density at radius 1 is 1.00 bits per heavy atom. The van der Waals surface area contributed by atoms with E-state index in [1.54, 1.807) is 13.0 Å². The lowest BCUT2D eigenvalue weighted by Crippen LogP contribution is -2.42. The number of thioether (sulfide) groups is 1. The minimum absolute atomic E-state index is 0.00464. The van der Waals surface area contributed by atoms with Crippen LogP contribution in [0.4, 0.5) is 0 Å². The maximum Gasteiger partial charge on any atom is 0.270 e. The zero-order valence-electron chi connectivity index (χ0n) is 15.4. The zero-order chi connectivity index (χ0) is 20.2. The van der Waals surface area contributed by atoms with Crippen LogP contribution in [0.5, 0.6) is 0 Å². The Hall–Kier alpha value is -2.36. The summed E-state index contributed by atoms with van der Waals surface area (Å²) < 4.78 is 25.4. The molecule has 0 aliphatic heterocycles. The van der Waals surface area contributed by atoms with Crippen molar-refractivity contribution in [3.63, 3.8) is 0 Å². The fraction of sp³-hybridized carbons (Fsp3) is 0.222. The lowest BCUT2D eigenvalue weighted by molar-refractivity contribution is 0.0846. The molecule has 0 saturated carbocycles. The summed E-state index contributed by atoms with van der Waals surface area (Å²) in [5, 5.41) is 0. The quantitative estimate of drug-likeness (QED) is 0.584. The van der Waals surface area contributed by atoms with Crippen molar-refractivity contribution < 1.29 is 18.0 Å². The highest BCUT2D eigenvalue weighted by atomic mass is 32.2. The first-order valence-corrected chi connectivity index (χ1v) is 10.6. The van der Waals surface area contributed by atoms with E-state index in [2.05, 4.69) is 10.9 Å². The van der Waals surface area contributed by atoms with Crippen molar-refractivity contribution in [3.8, 4) is 0 Å². The van der Waals surface area contributed by atoms with Crippen LogP contribution < -0.4 is 10.9 Å². The molecule has 9 heteroatoms. The minimum Gasteiger partial charge on any atom is -0.267 e. The van der Waals surface area contributed by atoms with Crippen LogP contribution in [0, 0.1) is 6.92 Å². The number of rotatable bonds is 5. The van der Waals surface area contributed by atoms with E-state index in [0.29, 0.717) is 5.56 Å². The van der Waals surface area contributed by atoms with E-state index in [1.807, 2.05) is 18.4 Å². The molecule has 2 N–H and O–H groups in total. The highest BCUT2D eigenvalue weighted by Crippen LogP contribution is 2.19. The number of nitrogens with one attached hydrogen (secondary N) is 2. The van der Waals surface area contributed by atoms with Gasteiger partial charge in [-0.1, -0.05) is 12.1 Å². The summed E-state index contributed by atoms with van der Waals surface area (Å²) in [5.41, 5.74) is 6.02. The number of nitrogens with zero attached hydrogens (tertiary/aromatic N) is 1. The Morgan fingerprint density at radius 2 is 1.67 bits per heavy atom. The van der Waals surface area contributed by atoms with Gasteiger partial charge in [0.05, 0.1) is 4.90 Å². The number of hydrazine groups is 1. The molecule has 2 aromatic carbocycles. The largest absolute Gasteiger partial charge is 0.270 e. The molecule has 2 amide bonds. The van der Waals surface area contributed by atoms with Gasteiger partial charge in [-0.05, 0) is 49.1 Å². The van der Waals surface area contributed by atoms with E-state index < -0.39 is 21.8 Å². The van der Waals surface area contributed by atoms with E-state index in [-0.39, 0.29) is 10.5 Å². The molecule has 2 rings (SSSR count). The Balaban J connectivity index is 2.14. The molecule has 0 atom stereocenters. The van der Waals surface area contributed by atoms with E-state index in [1.165, 1.54) is 50.1 Å². The van der Waals surface area contributed by atoms with Gasteiger partial charge in [0.25, 0.3) is 11.8 Å². The predicted octanol–water partition coefficient (Wildman–Crippen LogP) is 2.04. The van der Waals surface area contributed by atoms with Crippen molar-refractivity contribution in [2.75, 3.05) is 20.4 Å². The number of carbonyl (C=O) groups excluding carboxylic acids is 2. The third-order valence-corrected chi connectivity index (χ3v) is 6.39. The SMILES string of the molecule is CSc1ccc(C)c(C(=O)NNC(=O)c2cccc(S(=O)(=O)N(C)C)c2)c1. The molecule has 2 aromatic rings. The second-order valence-corrected chi connectivity index (χ2v) is 8.94. The lowest BCUT2D eigenvalue weighted by Gasteiger charge is -2.13. The van der Waals surface area contributed by atoms with Gasteiger partial charge in [0, 0.05) is 30.1 Å². The second-order valence-electron chi connectivity index (χ2n) is 5.90. The predicted molar refractivity (Wildman–Crippen MR) is 105 cm³/mol. The van der Waals surface area contributed by atoms with Crippen molar-refractivity contribution >= 4 is 33.6 Å². The molecular weight excluding hydrogens is 386 g/mol. The molecule has 0 spiro atoms. The standard InChI is InChI=1S/C18H21N3O4S2/c1-12-8-9-14(26-4)11-16(12)18(23)20-19-17(22)13-6-5-7-15(10-13)27(24,25)21(2)3/h5-11H,1-4H3,(H,19,22)(H,20,23). The molecule has 0 unspecified atom stereocenters. The van der Waals surface area contributed by atoms with Crippen LogP contribution in [0.1, 0.15) is 26.3 Å². The summed E-state index contributed by atoms with van der Waals surface area (Å²) >= 11 is 1.51. The van der Waals surface area contributed by atoms with E-state index >= 15 is 0 Å². The summed E-state index contributed by atoms with van der Waals surface area (Å²) in [6, 6.07) is 11.1. The molecule has 0 radical (unpaired) electrons. The third kappa shape index (κ3) is 4.88. The monoisotopic (exact) mass is 407 g/mol. The topological polar surface area (TPSA) is 95.6 Å². The normalized spacial score (nSPS) is 11.3. The number of amides is 2. The fourth-order valence-electron chi connectivity index (χ4n) is 2.23. The Bertz CT molecular complexity index is 972. The number of hydrogen-bond acceptors (Lipinski definition) is 5. The Labute approximate surface area is 163 Å². The first-order valence-electron chi connectivity index (χ1n) is 7.94. The maximum atomic E-state index is 12.3. The number of carbonyl (C=O) groups is 2. The molecule has 27 heavy (non-hydrogen) atoms. The summed E-state index contributed by atoms with van der Waals surface area (Å²) in [4.78, 5) is 25.6. The van der Waals surface area contributed by atoms with Crippen molar-refractivity contribution in [3.05, 3.63) is 59.2 Å². The second kappa shape index (κ2) is 8.55. The van der Waals surface area contributed by atoms with Gasteiger partial charge in [-0.15, -0.1) is 11.8 Å². The summed E-state index contributed by atoms with van der Waals surface area (Å²) in [6.45, 7) is 1.80.